The second kappa shape index (κ2) is 32.6. The summed E-state index contributed by atoms with van der Waals surface area (Å²) in [7, 11) is 0. The first-order chi connectivity index (χ1) is 38.9. The molecule has 0 aromatic heterocycles. The summed E-state index contributed by atoms with van der Waals surface area (Å²) in [5.41, 5.74) is 5.23. The molecule has 0 saturated heterocycles. The first-order valence-electron chi connectivity index (χ1n) is 27.1. The van der Waals surface area contributed by atoms with E-state index < -0.39 is 5.97 Å². The molecule has 460 valence electrons. The fourth-order valence-electron chi connectivity index (χ4n) is 10.8. The highest BCUT2D eigenvalue weighted by Crippen LogP contribution is 2.61. The molecule has 22 nitrogen and oxygen atoms in total. The van der Waals surface area contributed by atoms with Crippen LogP contribution < -0.4 is 46.5 Å². The molecule has 5 amide bonds. The van der Waals surface area contributed by atoms with E-state index in [2.05, 4.69) is 36.1 Å². The predicted molar refractivity (Wildman–Crippen MR) is 311 cm³/mol. The molecule has 0 heterocycles. The zero-order valence-corrected chi connectivity index (χ0v) is 50.6. The van der Waals surface area contributed by atoms with Crippen LogP contribution in [0.2, 0.25) is 15.1 Å². The Morgan fingerprint density at radius 3 is 0.904 bits per heavy atom. The topological polar surface area (TPSA) is 300 Å². The molecule has 0 atom stereocenters. The maximum absolute atomic E-state index is 12.0. The van der Waals surface area contributed by atoms with E-state index in [0.717, 1.165) is 57.8 Å². The molecule has 0 radical (unpaired) electrons. The Morgan fingerprint density at radius 1 is 0.410 bits per heavy atom. The number of carboxylic acids is 1. The maximum Gasteiger partial charge on any atom is 0.332 e. The Morgan fingerprint density at radius 2 is 0.663 bits per heavy atom. The van der Waals surface area contributed by atoms with Crippen LogP contribution in [0.4, 0.5) is 0 Å². The highest BCUT2D eigenvalue weighted by molar-refractivity contribution is 6.31. The Bertz CT molecular complexity index is 2450. The summed E-state index contributed by atoms with van der Waals surface area (Å²) in [6.45, 7) is 11.6. The van der Waals surface area contributed by atoms with Crippen LogP contribution in [0.25, 0.3) is 0 Å². The molecule has 3 aromatic carbocycles. The minimum Gasteiger partial charge on any atom is -0.484 e. The molecule has 0 spiro atoms. The fourth-order valence-corrected chi connectivity index (χ4v) is 11.1. The lowest BCUT2D eigenvalue weighted by molar-refractivity contribution is -0.154. The number of benzene rings is 3. The third-order valence-corrected chi connectivity index (χ3v) is 14.5. The van der Waals surface area contributed by atoms with Gasteiger partial charge in [-0.3, -0.25) is 24.0 Å². The number of hydrogen-bond acceptors (Lipinski definition) is 16. The van der Waals surface area contributed by atoms with Crippen molar-refractivity contribution in [3.8, 4) is 17.2 Å². The van der Waals surface area contributed by atoms with Crippen LogP contribution in [-0.2, 0) is 57.2 Å². The summed E-state index contributed by atoms with van der Waals surface area (Å²) in [6, 6.07) is 20.7. The zero-order valence-electron chi connectivity index (χ0n) is 47.5. The average Bonchev–Trinajstić information content (AvgIpc) is 1.11. The summed E-state index contributed by atoms with van der Waals surface area (Å²) in [5, 5.41) is 24.8. The molecule has 26 heteroatoms. The number of hydrogen-bond donors (Lipinski definition) is 7. The highest BCUT2D eigenvalue weighted by Gasteiger charge is 2.70. The first kappa shape index (κ1) is 69.8. The van der Waals surface area contributed by atoms with Crippen LogP contribution in [-0.4, -0.2) is 159 Å². The smallest absolute Gasteiger partial charge is 0.332 e. The normalized spacial score (nSPS) is 24.2. The van der Waals surface area contributed by atoms with Gasteiger partial charge in [-0.15, -0.1) is 12.4 Å². The van der Waals surface area contributed by atoms with Crippen molar-refractivity contribution >= 4 is 88.7 Å². The number of carboxylic acid groups (broad SMARTS) is 1. The molecule has 0 aliphatic heterocycles. The molecular weight excluding hydrogens is 1170 g/mol. The fraction of sp³-hybridized carbons (Fsp3) is 0.561. The van der Waals surface area contributed by atoms with E-state index in [-0.39, 0.29) is 127 Å². The van der Waals surface area contributed by atoms with E-state index >= 15 is 0 Å². The van der Waals surface area contributed by atoms with Gasteiger partial charge in [0.15, 0.2) is 19.8 Å². The third-order valence-electron chi connectivity index (χ3n) is 13.7. The van der Waals surface area contributed by atoms with Crippen molar-refractivity contribution < 1.29 is 76.6 Å². The zero-order chi connectivity index (χ0) is 60.0. The summed E-state index contributed by atoms with van der Waals surface area (Å²) in [4.78, 5) is 79.2. The Balaban J connectivity index is 0.000000237. The summed E-state index contributed by atoms with van der Waals surface area (Å²) in [5.74, 6) is 0.0526. The minimum atomic E-state index is -0.915. The van der Waals surface area contributed by atoms with Gasteiger partial charge in [-0.05, 0) is 165 Å². The number of halogens is 4. The second-order valence-electron chi connectivity index (χ2n) is 21.1. The van der Waals surface area contributed by atoms with Crippen LogP contribution in [0.3, 0.4) is 0 Å². The SMILES string of the molecule is CCOCC(=O)NC12CC(NC(=O)COc3ccc(Cl)cc3)(C1)C2.CCOCC(=O)NC12CC(NC(=O)COc3ccc(Cl)cc3)(C1)C2.CCOCC(=O)O.CCOCC(=O)OCC.Cl.NC12CC(NC(=O)COc3ccc(Cl)cc3)(C1)C2. The number of nitrogens with one attached hydrogen (secondary N) is 5. The largest absolute Gasteiger partial charge is 0.484 e. The number of carbonyl (C=O) groups is 7. The molecule has 6 bridgehead atoms. The van der Waals surface area contributed by atoms with Crippen LogP contribution >= 0.6 is 47.2 Å². The van der Waals surface area contributed by atoms with Crippen molar-refractivity contribution in [1.29, 1.82) is 0 Å². The van der Waals surface area contributed by atoms with Crippen molar-refractivity contribution in [3.05, 3.63) is 87.9 Å². The monoisotopic (exact) mass is 1240 g/mol. The summed E-state index contributed by atoms with van der Waals surface area (Å²) >= 11 is 17.4. The van der Waals surface area contributed by atoms with Gasteiger partial charge in [0.2, 0.25) is 11.8 Å². The summed E-state index contributed by atoms with van der Waals surface area (Å²) in [6.07, 6.45) is 7.30. The van der Waals surface area contributed by atoms with E-state index in [1.165, 1.54) is 0 Å². The van der Waals surface area contributed by atoms with E-state index in [1.807, 2.05) is 20.8 Å². The Kier molecular flexibility index (Phi) is 27.4. The van der Waals surface area contributed by atoms with Crippen molar-refractivity contribution in [1.82, 2.24) is 26.6 Å². The number of amides is 5. The lowest BCUT2D eigenvalue weighted by Crippen LogP contribution is -2.84. The van der Waals surface area contributed by atoms with Gasteiger partial charge in [0.05, 0.1) is 6.61 Å². The molecule has 9 aliphatic carbocycles. The number of carbonyl (C=O) groups excluding carboxylic acids is 6. The van der Waals surface area contributed by atoms with Crippen LogP contribution in [0.5, 0.6) is 17.2 Å². The minimum absolute atomic E-state index is 0. The summed E-state index contributed by atoms with van der Waals surface area (Å²) < 4.78 is 40.3. The molecule has 0 unspecified atom stereocenters. The predicted octanol–water partition coefficient (Wildman–Crippen LogP) is 5.91. The molecule has 12 rings (SSSR count). The van der Waals surface area contributed by atoms with Crippen molar-refractivity contribution in [2.75, 3.05) is 79.3 Å². The van der Waals surface area contributed by atoms with Gasteiger partial charge in [-0.1, -0.05) is 34.8 Å². The molecular formula is C57H78Cl4N6O16. The molecule has 9 saturated carbocycles. The number of nitrogens with two attached hydrogens (primary N) is 1. The highest BCUT2D eigenvalue weighted by atomic mass is 35.5. The molecule has 83 heavy (non-hydrogen) atoms. The van der Waals surface area contributed by atoms with E-state index in [4.69, 9.17) is 74.1 Å². The number of esters is 1. The molecule has 3 aromatic rings. The lowest BCUT2D eigenvalue weighted by atomic mass is 9.44. The van der Waals surface area contributed by atoms with Crippen LogP contribution in [0, 0.1) is 0 Å². The van der Waals surface area contributed by atoms with Crippen LogP contribution in [0.15, 0.2) is 72.8 Å². The second-order valence-corrected chi connectivity index (χ2v) is 22.4. The maximum atomic E-state index is 12.0. The van der Waals surface area contributed by atoms with Crippen molar-refractivity contribution in [2.24, 2.45) is 5.73 Å². The first-order valence-corrected chi connectivity index (χ1v) is 28.3. The number of rotatable bonds is 27. The quantitative estimate of drug-likeness (QED) is 0.0437. The van der Waals surface area contributed by atoms with E-state index in [9.17, 15) is 33.6 Å². The standard InChI is InChI=1S/2C17H21ClN2O4.C13H15ClN2O2.C6H12O3.C4H8O3.ClH/c2*1-2-23-7-14(21)19-16-9-17(10-16,11-16)20-15(22)8-24-13-5-3-12(18)4-6-13;14-9-1-3-10(4-2-9)18-5-11(17)16-13-6-12(15,7-13)8-13;1-3-8-5-6(7)9-4-2;1-2-7-3-4(5)6;/h2*3-6H,2,7-11H2,1H3,(H,19,21)(H,20,22);1-4H,5-8,15H2,(H,16,17);3-5H2,1-2H3;2-3H2,1H3,(H,5,6);1H. The van der Waals surface area contributed by atoms with Gasteiger partial charge >= 0.3 is 11.9 Å². The van der Waals surface area contributed by atoms with Gasteiger partial charge in [0, 0.05) is 74.7 Å². The third kappa shape index (κ3) is 22.3. The van der Waals surface area contributed by atoms with Crippen molar-refractivity contribution in [3.63, 3.8) is 0 Å². The molecule has 9 fully saturated rings. The molecule has 8 N–H and O–H groups in total. The lowest BCUT2D eigenvalue weighted by Gasteiger charge is -2.70. The Labute approximate surface area is 505 Å². The van der Waals surface area contributed by atoms with E-state index in [0.29, 0.717) is 65.4 Å². The van der Waals surface area contributed by atoms with Gasteiger partial charge in [0.25, 0.3) is 17.7 Å². The molecule has 9 aliphatic rings. The number of ether oxygens (including phenoxy) is 8. The van der Waals surface area contributed by atoms with Crippen LogP contribution in [0.1, 0.15) is 92.4 Å². The van der Waals surface area contributed by atoms with E-state index in [1.54, 1.807) is 86.6 Å². The van der Waals surface area contributed by atoms with Gasteiger partial charge in [-0.25, -0.2) is 9.59 Å². The van der Waals surface area contributed by atoms with Gasteiger partial charge in [0.1, 0.15) is 43.7 Å². The Hall–Kier alpha value is -5.69. The van der Waals surface area contributed by atoms with Gasteiger partial charge < -0.3 is 75.3 Å². The average molecular weight is 1250 g/mol. The van der Waals surface area contributed by atoms with Crippen molar-refractivity contribution in [2.45, 2.75) is 126 Å². The van der Waals surface area contributed by atoms with Gasteiger partial charge in [-0.2, -0.15) is 0 Å². The number of aliphatic carboxylic acids is 1.